The first-order valence-corrected chi connectivity index (χ1v) is 11.3. The number of nitrogens with zero attached hydrogens (tertiary/aromatic N) is 2. The molecule has 0 saturated carbocycles. The minimum absolute atomic E-state index is 0.0778. The lowest BCUT2D eigenvalue weighted by atomic mass is 10.00. The van der Waals surface area contributed by atoms with Crippen LogP contribution in [0.15, 0.2) is 101 Å². The highest BCUT2D eigenvalue weighted by atomic mass is 32.2. The van der Waals surface area contributed by atoms with Crippen molar-refractivity contribution in [2.24, 2.45) is 4.99 Å². The lowest BCUT2D eigenvalue weighted by molar-refractivity contribution is -0.0662. The number of para-hydroxylation sites is 1. The molecule has 2 aliphatic heterocycles. The van der Waals surface area contributed by atoms with Crippen LogP contribution < -0.4 is 0 Å². The average molecular weight is 417 g/mol. The number of amidine groups is 1. The highest BCUT2D eigenvalue weighted by molar-refractivity contribution is 7.92. The standard InChI is InChI=1S/C24H20N2O3S/c27-30(28,19-11-5-2-6-12-19)22-17-29-26-23(16-15-18-9-3-1-4-10-18)25-21-14-8-7-13-20(21)24(22)26/h1-16,22,24H,17H2/b16-15+/t22-,24+/m1/s1. The highest BCUT2D eigenvalue weighted by Crippen LogP contribution is 2.44. The first-order valence-electron chi connectivity index (χ1n) is 9.76. The van der Waals surface area contributed by atoms with Crippen LogP contribution in [0.5, 0.6) is 0 Å². The third-order valence-corrected chi connectivity index (χ3v) is 7.51. The van der Waals surface area contributed by atoms with E-state index in [0.29, 0.717) is 10.7 Å². The Labute approximate surface area is 175 Å². The smallest absolute Gasteiger partial charge is 0.186 e. The molecule has 0 radical (unpaired) electrons. The molecule has 0 unspecified atom stereocenters. The van der Waals surface area contributed by atoms with Crippen LogP contribution in [0.1, 0.15) is 17.2 Å². The molecule has 1 saturated heterocycles. The molecular formula is C24H20N2O3S. The number of hydrogen-bond acceptors (Lipinski definition) is 5. The van der Waals surface area contributed by atoms with Crippen LogP contribution in [0.2, 0.25) is 0 Å². The summed E-state index contributed by atoms with van der Waals surface area (Å²) in [4.78, 5) is 10.9. The van der Waals surface area contributed by atoms with Gasteiger partial charge in [0.25, 0.3) is 0 Å². The second-order valence-electron chi connectivity index (χ2n) is 7.24. The van der Waals surface area contributed by atoms with Crippen molar-refractivity contribution in [1.29, 1.82) is 0 Å². The monoisotopic (exact) mass is 416 g/mol. The van der Waals surface area contributed by atoms with Crippen molar-refractivity contribution in [3.63, 3.8) is 0 Å². The molecule has 5 rings (SSSR count). The largest absolute Gasteiger partial charge is 0.270 e. The van der Waals surface area contributed by atoms with Crippen LogP contribution in [0.25, 0.3) is 6.08 Å². The van der Waals surface area contributed by atoms with Crippen LogP contribution in [0.3, 0.4) is 0 Å². The van der Waals surface area contributed by atoms with E-state index in [1.165, 1.54) is 0 Å². The van der Waals surface area contributed by atoms with E-state index in [1.54, 1.807) is 29.3 Å². The fraction of sp³-hybridized carbons (Fsp3) is 0.125. The Kier molecular flexibility index (Phi) is 4.73. The van der Waals surface area contributed by atoms with Gasteiger partial charge in [-0.3, -0.25) is 4.84 Å². The van der Waals surface area contributed by atoms with Crippen LogP contribution in [-0.2, 0) is 14.7 Å². The molecule has 5 nitrogen and oxygen atoms in total. The number of benzene rings is 3. The fourth-order valence-electron chi connectivity index (χ4n) is 3.91. The summed E-state index contributed by atoms with van der Waals surface area (Å²) in [6, 6.07) is 25.7. The number of fused-ring (bicyclic) bond motifs is 3. The Morgan fingerprint density at radius 1 is 0.867 bits per heavy atom. The first kappa shape index (κ1) is 18.8. The predicted molar refractivity (Wildman–Crippen MR) is 117 cm³/mol. The number of rotatable bonds is 4. The molecule has 0 aliphatic carbocycles. The molecule has 2 atom stereocenters. The van der Waals surface area contributed by atoms with E-state index in [0.717, 1.165) is 16.8 Å². The molecule has 3 aromatic carbocycles. The van der Waals surface area contributed by atoms with Gasteiger partial charge in [-0.2, -0.15) is 0 Å². The van der Waals surface area contributed by atoms with Gasteiger partial charge in [-0.1, -0.05) is 72.8 Å². The van der Waals surface area contributed by atoms with E-state index >= 15 is 0 Å². The molecule has 0 N–H and O–H groups in total. The summed E-state index contributed by atoms with van der Waals surface area (Å²) in [6.45, 7) is 0.0778. The van der Waals surface area contributed by atoms with Gasteiger partial charge >= 0.3 is 0 Å². The molecule has 0 spiro atoms. The molecule has 6 heteroatoms. The molecule has 3 aromatic rings. The average Bonchev–Trinajstić information content (AvgIpc) is 3.25. The summed E-state index contributed by atoms with van der Waals surface area (Å²) in [5.41, 5.74) is 2.66. The lowest BCUT2D eigenvalue weighted by Crippen LogP contribution is -2.36. The first-order chi connectivity index (χ1) is 14.6. The zero-order valence-electron chi connectivity index (χ0n) is 16.1. The van der Waals surface area contributed by atoms with Crippen molar-refractivity contribution in [2.45, 2.75) is 16.2 Å². The summed E-state index contributed by atoms with van der Waals surface area (Å²) in [5, 5.41) is 0.920. The SMILES string of the molecule is O=S(=O)(c1ccccc1)[C@@H]1CON2C(/C=C/c3ccccc3)=Nc3ccccc3[C@@H]12. The quantitative estimate of drug-likeness (QED) is 0.625. The van der Waals surface area contributed by atoms with Gasteiger partial charge in [0.15, 0.2) is 15.7 Å². The van der Waals surface area contributed by atoms with Gasteiger partial charge in [-0.05, 0) is 29.8 Å². The maximum absolute atomic E-state index is 13.4. The third-order valence-electron chi connectivity index (χ3n) is 5.39. The number of hydrogen-bond donors (Lipinski definition) is 0. The van der Waals surface area contributed by atoms with Crippen molar-refractivity contribution in [3.05, 3.63) is 102 Å². The van der Waals surface area contributed by atoms with Gasteiger partial charge in [0.05, 0.1) is 17.2 Å². The molecule has 2 aliphatic rings. The normalized spacial score (nSPS) is 20.7. The van der Waals surface area contributed by atoms with Gasteiger partial charge in [-0.25, -0.2) is 18.5 Å². The van der Waals surface area contributed by atoms with Crippen LogP contribution in [0.4, 0.5) is 5.69 Å². The second kappa shape index (κ2) is 7.55. The van der Waals surface area contributed by atoms with Gasteiger partial charge in [0, 0.05) is 5.56 Å². The third kappa shape index (κ3) is 3.24. The Bertz CT molecular complexity index is 1220. The molecule has 1 fully saturated rings. The van der Waals surface area contributed by atoms with E-state index in [2.05, 4.69) is 0 Å². The summed E-state index contributed by atoms with van der Waals surface area (Å²) >= 11 is 0. The minimum Gasteiger partial charge on any atom is -0.270 e. The molecular weight excluding hydrogens is 396 g/mol. The molecule has 0 amide bonds. The van der Waals surface area contributed by atoms with Gasteiger partial charge < -0.3 is 0 Å². The van der Waals surface area contributed by atoms with E-state index < -0.39 is 21.1 Å². The minimum atomic E-state index is -3.59. The highest BCUT2D eigenvalue weighted by Gasteiger charge is 2.48. The number of sulfone groups is 1. The molecule has 150 valence electrons. The molecule has 30 heavy (non-hydrogen) atoms. The summed E-state index contributed by atoms with van der Waals surface area (Å²) in [7, 11) is -3.59. The van der Waals surface area contributed by atoms with E-state index in [-0.39, 0.29) is 6.61 Å². The Balaban J connectivity index is 1.56. The Morgan fingerprint density at radius 3 is 2.30 bits per heavy atom. The van der Waals surface area contributed by atoms with Crippen LogP contribution >= 0.6 is 0 Å². The van der Waals surface area contributed by atoms with E-state index in [1.807, 2.05) is 72.8 Å². The van der Waals surface area contributed by atoms with Gasteiger partial charge in [0.2, 0.25) is 0 Å². The van der Waals surface area contributed by atoms with Crippen molar-refractivity contribution in [1.82, 2.24) is 5.06 Å². The molecule has 0 aromatic heterocycles. The zero-order valence-corrected chi connectivity index (χ0v) is 16.9. The maximum atomic E-state index is 13.4. The maximum Gasteiger partial charge on any atom is 0.186 e. The summed E-state index contributed by atoms with van der Waals surface area (Å²) in [5.74, 6) is 0.591. The van der Waals surface area contributed by atoms with Crippen molar-refractivity contribution in [3.8, 4) is 0 Å². The van der Waals surface area contributed by atoms with Crippen molar-refractivity contribution >= 4 is 27.4 Å². The van der Waals surface area contributed by atoms with Crippen LogP contribution in [-0.4, -0.2) is 31.2 Å². The fourth-order valence-corrected chi connectivity index (χ4v) is 5.64. The zero-order chi connectivity index (χ0) is 20.6. The van der Waals surface area contributed by atoms with Gasteiger partial charge in [0.1, 0.15) is 11.3 Å². The van der Waals surface area contributed by atoms with Crippen molar-refractivity contribution < 1.29 is 13.3 Å². The molecule has 2 heterocycles. The van der Waals surface area contributed by atoms with E-state index in [4.69, 9.17) is 9.83 Å². The Morgan fingerprint density at radius 2 is 1.53 bits per heavy atom. The second-order valence-corrected chi connectivity index (χ2v) is 9.40. The Hall–Kier alpha value is -3.22. The summed E-state index contributed by atoms with van der Waals surface area (Å²) in [6.07, 6.45) is 3.82. The summed E-state index contributed by atoms with van der Waals surface area (Å²) < 4.78 is 26.8. The molecule has 0 bridgehead atoms. The van der Waals surface area contributed by atoms with Gasteiger partial charge in [-0.15, -0.1) is 0 Å². The number of hydroxylamine groups is 2. The lowest BCUT2D eigenvalue weighted by Gasteiger charge is -2.31. The number of aliphatic imine (C=N–C) groups is 1. The predicted octanol–water partition coefficient (Wildman–Crippen LogP) is 4.57. The van der Waals surface area contributed by atoms with Crippen molar-refractivity contribution in [2.75, 3.05) is 6.61 Å². The van der Waals surface area contributed by atoms with E-state index in [9.17, 15) is 8.42 Å². The van der Waals surface area contributed by atoms with Crippen LogP contribution in [0, 0.1) is 0 Å². The topological polar surface area (TPSA) is 59.0 Å².